The van der Waals surface area contributed by atoms with E-state index in [1.165, 1.54) is 15.8 Å². The van der Waals surface area contributed by atoms with Crippen molar-refractivity contribution in [2.24, 2.45) is 18.6 Å². The van der Waals surface area contributed by atoms with Crippen LogP contribution in [0.5, 0.6) is 0 Å². The quantitative estimate of drug-likeness (QED) is 0.528. The summed E-state index contributed by atoms with van der Waals surface area (Å²) in [5.41, 5.74) is 6.71. The number of hydrogen-bond donors (Lipinski definition) is 3. The molecule has 1 heterocycles. The number of hydrazine groups is 1. The van der Waals surface area contributed by atoms with E-state index in [2.05, 4.69) is 4.98 Å². The maximum Gasteiger partial charge on any atom is 0.328 e. The topological polar surface area (TPSA) is 110 Å². The average Bonchev–Trinajstić information content (AvgIpc) is 2.45. The van der Waals surface area contributed by atoms with Crippen molar-refractivity contribution in [2.45, 2.75) is 6.54 Å². The molecular weight excluding hydrogens is 270 g/mol. The molecule has 0 bridgehead atoms. The Morgan fingerprint density at radius 2 is 2.00 bits per heavy atom. The first-order valence-corrected chi connectivity index (χ1v) is 6.30. The zero-order valence-corrected chi connectivity index (χ0v) is 11.6. The highest BCUT2D eigenvalue weighted by atomic mass is 16.2. The molecule has 0 saturated heterocycles. The minimum Gasteiger partial charge on any atom is -0.397 e. The number of aryl methyl sites for hydroxylation is 1. The van der Waals surface area contributed by atoms with Crippen LogP contribution >= 0.6 is 0 Å². The summed E-state index contributed by atoms with van der Waals surface area (Å²) >= 11 is 0. The summed E-state index contributed by atoms with van der Waals surface area (Å²) < 4.78 is 1.29. The Kier molecular flexibility index (Phi) is 4.24. The Labute approximate surface area is 121 Å². The van der Waals surface area contributed by atoms with Gasteiger partial charge in [-0.3, -0.25) is 9.78 Å². The van der Waals surface area contributed by atoms with Crippen LogP contribution in [0.3, 0.4) is 0 Å². The molecule has 0 aliphatic heterocycles. The second-order valence-corrected chi connectivity index (χ2v) is 4.65. The van der Waals surface area contributed by atoms with Gasteiger partial charge in [-0.05, 0) is 5.56 Å². The third-order valence-corrected chi connectivity index (χ3v) is 2.95. The van der Waals surface area contributed by atoms with Crippen molar-refractivity contribution in [3.63, 3.8) is 0 Å². The molecule has 21 heavy (non-hydrogen) atoms. The molecule has 7 heteroatoms. The predicted octanol–water partition coefficient (Wildman–Crippen LogP) is -0.293. The SMILES string of the molecule is Cn1cc(CN(N)/C=C(\N)c2ccccc2)c(=O)[nH]c1=O. The molecule has 1 aromatic carbocycles. The summed E-state index contributed by atoms with van der Waals surface area (Å²) in [6.07, 6.45) is 2.99. The number of aromatic nitrogens is 2. The van der Waals surface area contributed by atoms with E-state index >= 15 is 0 Å². The number of rotatable bonds is 4. The maximum absolute atomic E-state index is 11.7. The van der Waals surface area contributed by atoms with Crippen molar-refractivity contribution >= 4 is 5.70 Å². The van der Waals surface area contributed by atoms with Crippen LogP contribution in [-0.4, -0.2) is 14.6 Å². The molecule has 5 N–H and O–H groups in total. The molecular formula is C14H17N5O2. The lowest BCUT2D eigenvalue weighted by Gasteiger charge is -2.15. The number of benzene rings is 1. The van der Waals surface area contributed by atoms with E-state index in [-0.39, 0.29) is 6.54 Å². The third kappa shape index (κ3) is 3.61. The lowest BCUT2D eigenvalue weighted by atomic mass is 10.2. The van der Waals surface area contributed by atoms with Gasteiger partial charge in [0.2, 0.25) is 0 Å². The van der Waals surface area contributed by atoms with Gasteiger partial charge < -0.3 is 15.3 Å². The number of H-pyrrole nitrogens is 1. The largest absolute Gasteiger partial charge is 0.397 e. The van der Waals surface area contributed by atoms with Gasteiger partial charge in [0.05, 0.1) is 17.8 Å². The Hall–Kier alpha value is -2.80. The molecule has 0 spiro atoms. The number of hydrogen-bond acceptors (Lipinski definition) is 5. The van der Waals surface area contributed by atoms with Gasteiger partial charge in [-0.1, -0.05) is 30.3 Å². The number of aromatic amines is 1. The summed E-state index contributed by atoms with van der Waals surface area (Å²) in [6, 6.07) is 9.35. The fraction of sp³-hybridized carbons (Fsp3) is 0.143. The smallest absolute Gasteiger partial charge is 0.328 e. The number of nitrogens with one attached hydrogen (secondary N) is 1. The van der Waals surface area contributed by atoms with Crippen LogP contribution < -0.4 is 22.8 Å². The van der Waals surface area contributed by atoms with Gasteiger partial charge in [-0.2, -0.15) is 0 Å². The zero-order valence-electron chi connectivity index (χ0n) is 11.6. The first-order chi connectivity index (χ1) is 9.97. The molecule has 0 aliphatic carbocycles. The van der Waals surface area contributed by atoms with E-state index in [0.29, 0.717) is 11.3 Å². The van der Waals surface area contributed by atoms with Gasteiger partial charge in [-0.15, -0.1) is 0 Å². The van der Waals surface area contributed by atoms with Crippen molar-refractivity contribution in [3.8, 4) is 0 Å². The van der Waals surface area contributed by atoms with Gasteiger partial charge in [0.1, 0.15) is 0 Å². The molecule has 0 aliphatic rings. The Balaban J connectivity index is 2.19. The minimum absolute atomic E-state index is 0.136. The van der Waals surface area contributed by atoms with Crippen molar-refractivity contribution < 1.29 is 0 Å². The van der Waals surface area contributed by atoms with Gasteiger partial charge in [0.25, 0.3) is 5.56 Å². The summed E-state index contributed by atoms with van der Waals surface area (Å²) in [4.78, 5) is 25.2. The highest BCUT2D eigenvalue weighted by Gasteiger charge is 2.06. The van der Waals surface area contributed by atoms with Gasteiger partial charge in [0, 0.05) is 19.4 Å². The van der Waals surface area contributed by atoms with Crippen LogP contribution in [0, 0.1) is 0 Å². The summed E-state index contributed by atoms with van der Waals surface area (Å²) in [5, 5.41) is 1.30. The van der Waals surface area contributed by atoms with Crippen molar-refractivity contribution in [1.82, 2.24) is 14.6 Å². The normalized spacial score (nSPS) is 11.4. The van der Waals surface area contributed by atoms with Gasteiger partial charge in [-0.25, -0.2) is 10.6 Å². The molecule has 2 aromatic rings. The highest BCUT2D eigenvalue weighted by molar-refractivity contribution is 5.61. The van der Waals surface area contributed by atoms with Gasteiger partial charge in [0.15, 0.2) is 0 Å². The van der Waals surface area contributed by atoms with Crippen molar-refractivity contribution in [1.29, 1.82) is 0 Å². The molecule has 1 aromatic heterocycles. The van der Waals surface area contributed by atoms with E-state index in [0.717, 1.165) is 5.56 Å². The molecule has 110 valence electrons. The van der Waals surface area contributed by atoms with E-state index < -0.39 is 11.2 Å². The molecule has 0 fully saturated rings. The lowest BCUT2D eigenvalue weighted by Crippen LogP contribution is -2.34. The molecule has 0 saturated carbocycles. The van der Waals surface area contributed by atoms with Crippen LogP contribution in [-0.2, 0) is 13.6 Å². The molecule has 0 radical (unpaired) electrons. The Morgan fingerprint density at radius 1 is 1.33 bits per heavy atom. The summed E-state index contributed by atoms with van der Waals surface area (Å²) in [5.74, 6) is 5.84. The molecule has 0 unspecified atom stereocenters. The predicted molar refractivity (Wildman–Crippen MR) is 80.6 cm³/mol. The van der Waals surface area contributed by atoms with Crippen molar-refractivity contribution in [3.05, 3.63) is 74.7 Å². The Bertz CT molecular complexity index is 761. The monoisotopic (exact) mass is 287 g/mol. The van der Waals surface area contributed by atoms with Crippen LogP contribution in [0.25, 0.3) is 5.70 Å². The molecule has 0 atom stereocenters. The maximum atomic E-state index is 11.7. The average molecular weight is 287 g/mol. The molecule has 2 rings (SSSR count). The van der Waals surface area contributed by atoms with E-state index in [4.69, 9.17) is 11.6 Å². The summed E-state index contributed by atoms with van der Waals surface area (Å²) in [7, 11) is 1.55. The summed E-state index contributed by atoms with van der Waals surface area (Å²) in [6.45, 7) is 0.136. The van der Waals surface area contributed by atoms with E-state index in [1.54, 1.807) is 13.2 Å². The first-order valence-electron chi connectivity index (χ1n) is 6.30. The second-order valence-electron chi connectivity index (χ2n) is 4.65. The fourth-order valence-corrected chi connectivity index (χ4v) is 1.86. The third-order valence-electron chi connectivity index (χ3n) is 2.95. The number of nitrogens with zero attached hydrogens (tertiary/aromatic N) is 2. The lowest BCUT2D eigenvalue weighted by molar-refractivity contribution is 0.384. The number of nitrogens with two attached hydrogens (primary N) is 2. The van der Waals surface area contributed by atoms with E-state index in [1.807, 2.05) is 30.3 Å². The zero-order chi connectivity index (χ0) is 15.4. The standard InChI is InChI=1S/C14H17N5O2/c1-18-7-11(13(20)17-14(18)21)8-19(16)9-12(15)10-5-3-2-4-6-10/h2-7,9H,8,15-16H2,1H3,(H,17,20,21)/b12-9-. The van der Waals surface area contributed by atoms with Gasteiger partial charge >= 0.3 is 5.69 Å². The van der Waals surface area contributed by atoms with Crippen LogP contribution in [0.15, 0.2) is 52.3 Å². The van der Waals surface area contributed by atoms with E-state index in [9.17, 15) is 9.59 Å². The first kappa shape index (κ1) is 14.6. The highest BCUT2D eigenvalue weighted by Crippen LogP contribution is 2.08. The Morgan fingerprint density at radius 3 is 2.67 bits per heavy atom. The second kappa shape index (κ2) is 6.10. The van der Waals surface area contributed by atoms with Crippen LogP contribution in [0.4, 0.5) is 0 Å². The van der Waals surface area contributed by atoms with Crippen LogP contribution in [0.1, 0.15) is 11.1 Å². The minimum atomic E-state index is -0.466. The molecule has 7 nitrogen and oxygen atoms in total. The fourth-order valence-electron chi connectivity index (χ4n) is 1.86. The molecule has 0 amide bonds. The van der Waals surface area contributed by atoms with Crippen molar-refractivity contribution in [2.75, 3.05) is 0 Å². The van der Waals surface area contributed by atoms with Crippen LogP contribution in [0.2, 0.25) is 0 Å².